The fraction of sp³-hybridized carbons (Fsp3) is 0.394. The number of benzene rings is 1. The van der Waals surface area contributed by atoms with E-state index in [2.05, 4.69) is 38.4 Å². The quantitative estimate of drug-likeness (QED) is 0.193. The maximum atomic E-state index is 14.9. The number of fused-ring (bicyclic) bond motifs is 1. The number of nitrogens with zero attached hydrogens (tertiary/aromatic N) is 4. The minimum Gasteiger partial charge on any atom is -0.466 e. The van der Waals surface area contributed by atoms with Gasteiger partial charge in [0, 0.05) is 75.0 Å². The van der Waals surface area contributed by atoms with Crippen LogP contribution in [0.4, 0.5) is 14.9 Å². The number of anilines is 1. The summed E-state index contributed by atoms with van der Waals surface area (Å²) in [5.74, 6) is -0.164. The largest absolute Gasteiger partial charge is 0.466 e. The lowest BCUT2D eigenvalue weighted by Crippen LogP contribution is -2.49. The average molecular weight is 633 g/mol. The number of thiophene rings is 1. The minimum atomic E-state index is -0.578. The molecule has 12 heteroatoms. The molecule has 2 N–H and O–H groups in total. The van der Waals surface area contributed by atoms with E-state index in [9.17, 15) is 14.0 Å². The molecule has 1 saturated heterocycles. The van der Waals surface area contributed by atoms with E-state index >= 15 is 0 Å². The molecule has 3 aromatic heterocycles. The SMILES string of the molecule is CCOC(=O)CC(C)N1CCN(Cc2ccc(-c3cc4nccc(Oc5ccc(NC(=O)NC6CC6)cc5F)c4s3)nc2)CC1. The molecule has 2 fully saturated rings. The van der Waals surface area contributed by atoms with Crippen LogP contribution in [0.3, 0.4) is 0 Å². The number of hydrogen-bond acceptors (Lipinski definition) is 9. The molecule has 1 atom stereocenters. The molecule has 10 nitrogen and oxygen atoms in total. The van der Waals surface area contributed by atoms with Gasteiger partial charge in [0.05, 0.1) is 33.8 Å². The predicted molar refractivity (Wildman–Crippen MR) is 172 cm³/mol. The highest BCUT2D eigenvalue weighted by Crippen LogP contribution is 2.39. The van der Waals surface area contributed by atoms with E-state index in [1.165, 1.54) is 23.5 Å². The molecule has 1 aliphatic heterocycles. The van der Waals surface area contributed by atoms with E-state index in [4.69, 9.17) is 14.5 Å². The Morgan fingerprint density at radius 2 is 1.89 bits per heavy atom. The Hall–Kier alpha value is -4.13. The summed E-state index contributed by atoms with van der Waals surface area (Å²) in [5.41, 5.74) is 3.06. The number of hydrogen-bond donors (Lipinski definition) is 2. The second kappa shape index (κ2) is 13.9. The molecule has 0 spiro atoms. The molecular formula is C33H37FN6O4S. The van der Waals surface area contributed by atoms with Gasteiger partial charge in [-0.25, -0.2) is 9.18 Å². The molecule has 1 unspecified atom stereocenters. The topological polar surface area (TPSA) is 109 Å². The van der Waals surface area contributed by atoms with Crippen LogP contribution in [0.5, 0.6) is 11.5 Å². The van der Waals surface area contributed by atoms with Crippen LogP contribution in [0.1, 0.15) is 38.7 Å². The maximum absolute atomic E-state index is 14.9. The van der Waals surface area contributed by atoms with Crippen LogP contribution in [-0.4, -0.2) is 76.6 Å². The third-order valence-corrected chi connectivity index (χ3v) is 9.14. The van der Waals surface area contributed by atoms with Gasteiger partial charge in [0.25, 0.3) is 0 Å². The first-order valence-electron chi connectivity index (χ1n) is 15.4. The molecule has 6 rings (SSSR count). The number of ether oxygens (including phenoxy) is 2. The van der Waals surface area contributed by atoms with Gasteiger partial charge in [-0.1, -0.05) is 6.07 Å². The minimum absolute atomic E-state index is 0.0577. The van der Waals surface area contributed by atoms with Gasteiger partial charge >= 0.3 is 12.0 Å². The average Bonchev–Trinajstić information content (AvgIpc) is 3.72. The Labute approximate surface area is 265 Å². The molecule has 4 heterocycles. The standard InChI is InChI=1S/C33H37FN6O4S/c1-3-43-31(41)16-21(2)40-14-12-39(13-15-40)20-22-4-8-26(36-19-22)30-18-27-32(45-30)29(10-11-35-27)44-28-9-7-24(17-25(28)34)38-33(42)37-23-5-6-23/h4,7-11,17-19,21,23H,3,5-6,12-16,20H2,1-2H3,(H2,37,38,42). The predicted octanol–water partition coefficient (Wildman–Crippen LogP) is 6.03. The Morgan fingerprint density at radius 3 is 2.60 bits per heavy atom. The highest BCUT2D eigenvalue weighted by atomic mass is 32.1. The molecule has 2 amide bonds. The smallest absolute Gasteiger partial charge is 0.319 e. The van der Waals surface area contributed by atoms with Gasteiger partial charge in [-0.05, 0) is 56.5 Å². The van der Waals surface area contributed by atoms with E-state index in [1.807, 2.05) is 25.3 Å². The zero-order valence-electron chi connectivity index (χ0n) is 25.4. The van der Waals surface area contributed by atoms with Crippen molar-refractivity contribution < 1.29 is 23.5 Å². The van der Waals surface area contributed by atoms with E-state index in [0.29, 0.717) is 24.5 Å². The van der Waals surface area contributed by atoms with Crippen molar-refractivity contribution in [2.45, 2.75) is 51.7 Å². The van der Waals surface area contributed by atoms with E-state index in [-0.39, 0.29) is 29.8 Å². The van der Waals surface area contributed by atoms with Crippen LogP contribution in [0.2, 0.25) is 0 Å². The van der Waals surface area contributed by atoms with Crippen molar-refractivity contribution in [3.05, 3.63) is 66.2 Å². The van der Waals surface area contributed by atoms with Gasteiger partial charge in [-0.2, -0.15) is 0 Å². The molecule has 2 aliphatic rings. The lowest BCUT2D eigenvalue weighted by Gasteiger charge is -2.37. The fourth-order valence-electron chi connectivity index (χ4n) is 5.36. The Bertz CT molecular complexity index is 1650. The van der Waals surface area contributed by atoms with Crippen LogP contribution >= 0.6 is 11.3 Å². The van der Waals surface area contributed by atoms with E-state index in [1.54, 1.807) is 18.3 Å². The highest BCUT2D eigenvalue weighted by Gasteiger charge is 2.24. The van der Waals surface area contributed by atoms with Gasteiger partial charge in [0.1, 0.15) is 5.75 Å². The van der Waals surface area contributed by atoms with Gasteiger partial charge in [0.15, 0.2) is 11.6 Å². The number of aromatic nitrogens is 2. The molecule has 1 aliphatic carbocycles. The van der Waals surface area contributed by atoms with E-state index < -0.39 is 5.82 Å². The molecule has 1 saturated carbocycles. The molecule has 1 aromatic carbocycles. The zero-order chi connectivity index (χ0) is 31.3. The third-order valence-electron chi connectivity index (χ3n) is 7.98. The highest BCUT2D eigenvalue weighted by molar-refractivity contribution is 7.22. The summed E-state index contributed by atoms with van der Waals surface area (Å²) in [6.07, 6.45) is 5.92. The second-order valence-electron chi connectivity index (χ2n) is 11.5. The van der Waals surface area contributed by atoms with Crippen molar-refractivity contribution in [2.24, 2.45) is 0 Å². The zero-order valence-corrected chi connectivity index (χ0v) is 26.2. The van der Waals surface area contributed by atoms with Gasteiger partial charge in [-0.3, -0.25) is 24.6 Å². The number of esters is 1. The number of pyridine rings is 2. The summed E-state index contributed by atoms with van der Waals surface area (Å²) in [5, 5.41) is 5.47. The number of carbonyl (C=O) groups excluding carboxylic acids is 2. The fourth-order valence-corrected chi connectivity index (χ4v) is 6.40. The van der Waals surface area contributed by atoms with Crippen molar-refractivity contribution in [2.75, 3.05) is 38.1 Å². The number of amides is 2. The third kappa shape index (κ3) is 7.94. The summed E-state index contributed by atoms with van der Waals surface area (Å²) >= 11 is 1.49. The Morgan fingerprint density at radius 1 is 1.07 bits per heavy atom. The van der Waals surface area contributed by atoms with Gasteiger partial charge in [-0.15, -0.1) is 11.3 Å². The van der Waals surface area contributed by atoms with Crippen molar-refractivity contribution in [3.8, 4) is 22.1 Å². The Balaban J connectivity index is 1.06. The lowest BCUT2D eigenvalue weighted by atomic mass is 10.1. The number of nitrogens with one attached hydrogen (secondary N) is 2. The molecule has 45 heavy (non-hydrogen) atoms. The summed E-state index contributed by atoms with van der Waals surface area (Å²) < 4.78 is 26.8. The first-order chi connectivity index (χ1) is 21.8. The lowest BCUT2D eigenvalue weighted by molar-refractivity contribution is -0.144. The monoisotopic (exact) mass is 632 g/mol. The number of carbonyl (C=O) groups is 2. The number of piperazine rings is 1. The summed E-state index contributed by atoms with van der Waals surface area (Å²) in [6.45, 7) is 8.81. The molecule has 0 bridgehead atoms. The summed E-state index contributed by atoms with van der Waals surface area (Å²) in [4.78, 5) is 38.8. The summed E-state index contributed by atoms with van der Waals surface area (Å²) in [6, 6.07) is 12.2. The van der Waals surface area contributed by atoms with Crippen LogP contribution in [0.25, 0.3) is 20.8 Å². The van der Waals surface area contributed by atoms with Crippen LogP contribution in [-0.2, 0) is 16.1 Å². The molecule has 4 aromatic rings. The molecule has 0 radical (unpaired) electrons. The first kappa shape index (κ1) is 30.9. The van der Waals surface area contributed by atoms with Crippen LogP contribution < -0.4 is 15.4 Å². The van der Waals surface area contributed by atoms with Crippen LogP contribution in [0, 0.1) is 5.82 Å². The van der Waals surface area contributed by atoms with Crippen molar-refractivity contribution in [3.63, 3.8) is 0 Å². The number of halogens is 1. The van der Waals surface area contributed by atoms with Crippen molar-refractivity contribution in [1.82, 2.24) is 25.1 Å². The van der Waals surface area contributed by atoms with Crippen molar-refractivity contribution >= 4 is 39.2 Å². The van der Waals surface area contributed by atoms with Gasteiger partial charge in [0.2, 0.25) is 0 Å². The summed E-state index contributed by atoms with van der Waals surface area (Å²) in [7, 11) is 0. The number of urea groups is 1. The molecule has 236 valence electrons. The number of rotatable bonds is 11. The first-order valence-corrected chi connectivity index (χ1v) is 16.2. The van der Waals surface area contributed by atoms with E-state index in [0.717, 1.165) is 71.9 Å². The molecular weight excluding hydrogens is 595 g/mol. The van der Waals surface area contributed by atoms with Gasteiger partial charge < -0.3 is 20.1 Å². The van der Waals surface area contributed by atoms with Crippen molar-refractivity contribution in [1.29, 1.82) is 0 Å². The normalized spacial score (nSPS) is 16.3. The second-order valence-corrected chi connectivity index (χ2v) is 12.5. The maximum Gasteiger partial charge on any atom is 0.319 e. The van der Waals surface area contributed by atoms with Crippen LogP contribution in [0.15, 0.2) is 54.9 Å². The Kier molecular flexibility index (Phi) is 9.53.